The predicted molar refractivity (Wildman–Crippen MR) is 91.0 cm³/mol. The third-order valence-corrected chi connectivity index (χ3v) is 4.80. The van der Waals surface area contributed by atoms with Gasteiger partial charge in [0, 0.05) is 44.8 Å². The van der Waals surface area contributed by atoms with Crippen molar-refractivity contribution in [3.63, 3.8) is 0 Å². The third-order valence-electron chi connectivity index (χ3n) is 4.80. The summed E-state index contributed by atoms with van der Waals surface area (Å²) in [4.78, 5) is 16.6. The van der Waals surface area contributed by atoms with E-state index in [1.165, 1.54) is 12.1 Å². The molecule has 2 saturated heterocycles. The van der Waals surface area contributed by atoms with Gasteiger partial charge in [-0.25, -0.2) is 0 Å². The number of rotatable bonds is 3. The summed E-state index contributed by atoms with van der Waals surface area (Å²) in [5.41, 5.74) is -0.441. The Hall–Kier alpha value is -1.64. The van der Waals surface area contributed by atoms with Gasteiger partial charge in [-0.1, -0.05) is 0 Å². The first kappa shape index (κ1) is 19.1. The lowest BCUT2D eigenvalue weighted by molar-refractivity contribution is -0.137. The number of alkyl halides is 3. The second kappa shape index (κ2) is 8.37. The molecule has 2 fully saturated rings. The first-order chi connectivity index (χ1) is 12.4. The fraction of sp³-hybridized carbons (Fsp3) is 0.611. The number of morpholine rings is 1. The topological polar surface area (TPSA) is 44.8 Å². The Balaban J connectivity index is 1.55. The molecule has 8 heteroatoms. The fourth-order valence-electron chi connectivity index (χ4n) is 3.37. The van der Waals surface area contributed by atoms with Gasteiger partial charge in [-0.05, 0) is 37.2 Å². The summed E-state index contributed by atoms with van der Waals surface area (Å²) in [7, 11) is 0. The Morgan fingerprint density at radius 3 is 2.58 bits per heavy atom. The van der Waals surface area contributed by atoms with Crippen molar-refractivity contribution in [1.82, 2.24) is 15.1 Å². The van der Waals surface area contributed by atoms with Gasteiger partial charge in [-0.3, -0.25) is 9.69 Å². The minimum atomic E-state index is -4.39. The molecule has 1 amide bonds. The van der Waals surface area contributed by atoms with Crippen molar-refractivity contribution in [2.45, 2.75) is 18.7 Å². The van der Waals surface area contributed by atoms with Gasteiger partial charge in [-0.2, -0.15) is 13.2 Å². The second-order valence-electron chi connectivity index (χ2n) is 6.72. The number of amides is 1. The number of hydrogen-bond acceptors (Lipinski definition) is 4. The number of carbonyl (C=O) groups is 1. The molecule has 1 aromatic carbocycles. The van der Waals surface area contributed by atoms with Crippen LogP contribution in [-0.2, 0) is 10.9 Å². The van der Waals surface area contributed by atoms with Gasteiger partial charge in [0.25, 0.3) is 5.91 Å². The van der Waals surface area contributed by atoms with E-state index in [1.54, 1.807) is 4.90 Å². The van der Waals surface area contributed by atoms with E-state index in [1.807, 2.05) is 0 Å². The molecular formula is C18H24F3N3O2. The first-order valence-corrected chi connectivity index (χ1v) is 8.95. The van der Waals surface area contributed by atoms with Crippen LogP contribution in [0.3, 0.4) is 0 Å². The Morgan fingerprint density at radius 1 is 1.15 bits per heavy atom. The van der Waals surface area contributed by atoms with Crippen LogP contribution in [0.15, 0.2) is 24.3 Å². The smallest absolute Gasteiger partial charge is 0.374 e. The lowest BCUT2D eigenvalue weighted by Gasteiger charge is -2.29. The number of ether oxygens (including phenoxy) is 1. The van der Waals surface area contributed by atoms with Gasteiger partial charge in [0.1, 0.15) is 0 Å². The van der Waals surface area contributed by atoms with Gasteiger partial charge in [0.15, 0.2) is 0 Å². The van der Waals surface area contributed by atoms with Crippen molar-refractivity contribution in [1.29, 1.82) is 0 Å². The quantitative estimate of drug-likeness (QED) is 0.881. The summed E-state index contributed by atoms with van der Waals surface area (Å²) < 4.78 is 43.7. The van der Waals surface area contributed by atoms with Crippen molar-refractivity contribution in [2.24, 2.45) is 0 Å². The van der Waals surface area contributed by atoms with Crippen LogP contribution in [0.2, 0.25) is 0 Å². The molecule has 2 aliphatic rings. The Labute approximate surface area is 151 Å². The second-order valence-corrected chi connectivity index (χ2v) is 6.72. The van der Waals surface area contributed by atoms with E-state index in [4.69, 9.17) is 4.74 Å². The fourth-order valence-corrected chi connectivity index (χ4v) is 3.37. The molecule has 0 spiro atoms. The van der Waals surface area contributed by atoms with Crippen LogP contribution in [0.1, 0.15) is 22.3 Å². The average Bonchev–Trinajstić information content (AvgIpc) is 2.87. The molecule has 1 N–H and O–H groups in total. The molecule has 0 radical (unpaired) electrons. The molecule has 2 aliphatic heterocycles. The maximum absolute atomic E-state index is 12.6. The summed E-state index contributed by atoms with van der Waals surface area (Å²) in [5, 5.41) is 3.31. The summed E-state index contributed by atoms with van der Waals surface area (Å²) in [5.74, 6) is -0.212. The molecule has 0 aliphatic carbocycles. The molecule has 2 heterocycles. The number of carbonyl (C=O) groups excluding carboxylic acids is 1. The standard InChI is InChI=1S/C18H24F3N3O2/c19-18(20,21)15-4-2-14(3-5-15)17(25)24-8-1-7-23(9-10-24)13-16-12-22-6-11-26-16/h2-5,16,22H,1,6-13H2. The maximum Gasteiger partial charge on any atom is 0.416 e. The SMILES string of the molecule is O=C(c1ccc(C(F)(F)F)cc1)N1CCCN(CC2CNCCO2)CC1. The van der Waals surface area contributed by atoms with Gasteiger partial charge >= 0.3 is 6.18 Å². The Morgan fingerprint density at radius 2 is 1.92 bits per heavy atom. The monoisotopic (exact) mass is 371 g/mol. The van der Waals surface area contributed by atoms with Crippen molar-refractivity contribution in [3.8, 4) is 0 Å². The van der Waals surface area contributed by atoms with Crippen LogP contribution < -0.4 is 5.32 Å². The van der Waals surface area contributed by atoms with Crippen LogP contribution in [0, 0.1) is 0 Å². The van der Waals surface area contributed by atoms with Crippen LogP contribution >= 0.6 is 0 Å². The van der Waals surface area contributed by atoms with E-state index in [0.29, 0.717) is 18.7 Å². The van der Waals surface area contributed by atoms with E-state index in [0.717, 1.165) is 57.9 Å². The highest BCUT2D eigenvalue weighted by Gasteiger charge is 2.30. The van der Waals surface area contributed by atoms with Crippen LogP contribution in [0.4, 0.5) is 13.2 Å². The summed E-state index contributed by atoms with van der Waals surface area (Å²) in [6, 6.07) is 4.44. The summed E-state index contributed by atoms with van der Waals surface area (Å²) in [6.07, 6.45) is -3.38. The predicted octanol–water partition coefficient (Wildman–Crippen LogP) is 1.84. The first-order valence-electron chi connectivity index (χ1n) is 8.95. The zero-order chi connectivity index (χ0) is 18.6. The summed E-state index contributed by atoms with van der Waals surface area (Å²) >= 11 is 0. The minimum absolute atomic E-state index is 0.168. The van der Waals surface area contributed by atoms with Crippen molar-refractivity contribution < 1.29 is 22.7 Å². The van der Waals surface area contributed by atoms with E-state index in [9.17, 15) is 18.0 Å². The number of benzene rings is 1. The van der Waals surface area contributed by atoms with Gasteiger partial charge in [0.05, 0.1) is 18.3 Å². The highest BCUT2D eigenvalue weighted by Crippen LogP contribution is 2.29. The molecule has 0 aromatic heterocycles. The van der Waals surface area contributed by atoms with Gasteiger partial charge < -0.3 is 15.0 Å². The van der Waals surface area contributed by atoms with Crippen molar-refractivity contribution in [3.05, 3.63) is 35.4 Å². The van der Waals surface area contributed by atoms with Gasteiger partial charge in [0.2, 0.25) is 0 Å². The molecule has 0 bridgehead atoms. The average molecular weight is 371 g/mol. The van der Waals surface area contributed by atoms with E-state index in [2.05, 4.69) is 10.2 Å². The minimum Gasteiger partial charge on any atom is -0.374 e. The molecule has 5 nitrogen and oxygen atoms in total. The molecule has 26 heavy (non-hydrogen) atoms. The van der Waals surface area contributed by atoms with E-state index in [-0.39, 0.29) is 12.0 Å². The number of nitrogens with zero attached hydrogens (tertiary/aromatic N) is 2. The molecular weight excluding hydrogens is 347 g/mol. The highest BCUT2D eigenvalue weighted by molar-refractivity contribution is 5.94. The van der Waals surface area contributed by atoms with Crippen molar-refractivity contribution >= 4 is 5.91 Å². The summed E-state index contributed by atoms with van der Waals surface area (Å²) in [6.45, 7) is 6.08. The van der Waals surface area contributed by atoms with Gasteiger partial charge in [-0.15, -0.1) is 0 Å². The van der Waals surface area contributed by atoms with Crippen LogP contribution in [-0.4, -0.2) is 74.2 Å². The number of nitrogens with one attached hydrogen (secondary N) is 1. The highest BCUT2D eigenvalue weighted by atomic mass is 19.4. The molecule has 0 saturated carbocycles. The molecule has 1 aromatic rings. The number of hydrogen-bond donors (Lipinski definition) is 1. The Kier molecular flexibility index (Phi) is 6.16. The van der Waals surface area contributed by atoms with Crippen LogP contribution in [0.25, 0.3) is 0 Å². The molecule has 1 unspecified atom stereocenters. The molecule has 3 rings (SSSR count). The largest absolute Gasteiger partial charge is 0.416 e. The lowest BCUT2D eigenvalue weighted by atomic mass is 10.1. The molecule has 1 atom stereocenters. The zero-order valence-electron chi connectivity index (χ0n) is 14.6. The van der Waals surface area contributed by atoms with Crippen molar-refractivity contribution in [2.75, 3.05) is 52.4 Å². The van der Waals surface area contributed by atoms with Crippen LogP contribution in [0.5, 0.6) is 0 Å². The zero-order valence-corrected chi connectivity index (χ0v) is 14.6. The van der Waals surface area contributed by atoms with E-state index >= 15 is 0 Å². The third kappa shape index (κ3) is 4.96. The normalized spacial score (nSPS) is 22.9. The molecule has 144 valence electrons. The van der Waals surface area contributed by atoms with E-state index < -0.39 is 11.7 Å². The Bertz CT molecular complexity index is 601. The lowest BCUT2D eigenvalue weighted by Crippen LogP contribution is -2.46. The number of halogens is 3. The maximum atomic E-state index is 12.6.